The maximum Gasteiger partial charge on any atom is 0.322 e. The SMILES string of the molecule is CC(C)CNC(=O)c1ccc(NC(=O)N2CCC[C@@H]3CCC[C@@H]32)cc1Cl. The summed E-state index contributed by atoms with van der Waals surface area (Å²) in [7, 11) is 0. The van der Waals surface area contributed by atoms with E-state index in [2.05, 4.69) is 10.6 Å². The standard InChI is InChI=1S/C20H28ClN3O2/c1-13(2)12-22-19(25)16-9-8-15(11-17(16)21)23-20(26)24-10-4-6-14-5-3-7-18(14)24/h8-9,11,13-14,18H,3-7,10,12H2,1-2H3,(H,22,25)(H,23,26)/t14-,18-/m0/s1. The first kappa shape index (κ1) is 19.0. The molecule has 0 spiro atoms. The van der Waals surface area contributed by atoms with Crippen LogP contribution in [0.25, 0.3) is 0 Å². The van der Waals surface area contributed by atoms with E-state index in [0.717, 1.165) is 19.4 Å². The molecule has 1 aliphatic heterocycles. The molecule has 0 bridgehead atoms. The van der Waals surface area contributed by atoms with Crippen LogP contribution in [-0.2, 0) is 0 Å². The van der Waals surface area contributed by atoms with Crippen molar-refractivity contribution >= 4 is 29.2 Å². The molecule has 0 unspecified atom stereocenters. The van der Waals surface area contributed by atoms with Crippen LogP contribution in [-0.4, -0.2) is 36.0 Å². The predicted molar refractivity (Wildman–Crippen MR) is 105 cm³/mol. The van der Waals surface area contributed by atoms with Crippen molar-refractivity contribution in [3.8, 4) is 0 Å². The second-order valence-electron chi connectivity index (χ2n) is 7.82. The van der Waals surface area contributed by atoms with Gasteiger partial charge in [0.1, 0.15) is 0 Å². The molecule has 6 heteroatoms. The van der Waals surface area contributed by atoms with Crippen molar-refractivity contribution in [2.24, 2.45) is 11.8 Å². The number of benzene rings is 1. The van der Waals surface area contributed by atoms with E-state index in [1.54, 1.807) is 18.2 Å². The molecule has 1 aromatic rings. The minimum atomic E-state index is -0.189. The number of fused-ring (bicyclic) bond motifs is 1. The van der Waals surface area contributed by atoms with Crippen LogP contribution >= 0.6 is 11.6 Å². The van der Waals surface area contributed by atoms with Gasteiger partial charge in [0.15, 0.2) is 0 Å². The van der Waals surface area contributed by atoms with Gasteiger partial charge in [-0.1, -0.05) is 31.9 Å². The molecular formula is C20H28ClN3O2. The normalized spacial score (nSPS) is 22.2. The van der Waals surface area contributed by atoms with E-state index < -0.39 is 0 Å². The molecular weight excluding hydrogens is 350 g/mol. The maximum absolute atomic E-state index is 12.7. The Labute approximate surface area is 160 Å². The summed E-state index contributed by atoms with van der Waals surface area (Å²) in [4.78, 5) is 26.9. The van der Waals surface area contributed by atoms with Gasteiger partial charge in [0, 0.05) is 24.8 Å². The van der Waals surface area contributed by atoms with Gasteiger partial charge in [-0.25, -0.2) is 4.79 Å². The summed E-state index contributed by atoms with van der Waals surface area (Å²) >= 11 is 6.27. The highest BCUT2D eigenvalue weighted by molar-refractivity contribution is 6.34. The third-order valence-electron chi connectivity index (χ3n) is 5.39. The van der Waals surface area contributed by atoms with Crippen LogP contribution in [0.15, 0.2) is 18.2 Å². The zero-order chi connectivity index (χ0) is 18.7. The van der Waals surface area contributed by atoms with E-state index in [4.69, 9.17) is 11.6 Å². The fourth-order valence-corrected chi connectivity index (χ4v) is 4.34. The second kappa shape index (κ2) is 8.30. The van der Waals surface area contributed by atoms with Crippen molar-refractivity contribution in [3.05, 3.63) is 28.8 Å². The number of hydrogen-bond acceptors (Lipinski definition) is 2. The van der Waals surface area contributed by atoms with Crippen molar-refractivity contribution < 1.29 is 9.59 Å². The minimum absolute atomic E-state index is 0.0605. The van der Waals surface area contributed by atoms with Crippen molar-refractivity contribution in [3.63, 3.8) is 0 Å². The molecule has 2 N–H and O–H groups in total. The summed E-state index contributed by atoms with van der Waals surface area (Å²) in [6, 6.07) is 5.38. The van der Waals surface area contributed by atoms with E-state index >= 15 is 0 Å². The number of likely N-dealkylation sites (tertiary alicyclic amines) is 1. The topological polar surface area (TPSA) is 61.4 Å². The zero-order valence-electron chi connectivity index (χ0n) is 15.6. The Morgan fingerprint density at radius 1 is 1.23 bits per heavy atom. The van der Waals surface area contributed by atoms with Gasteiger partial charge in [-0.05, 0) is 55.7 Å². The third-order valence-corrected chi connectivity index (χ3v) is 5.70. The van der Waals surface area contributed by atoms with Crippen molar-refractivity contribution in [2.45, 2.75) is 52.0 Å². The monoisotopic (exact) mass is 377 g/mol. The molecule has 5 nitrogen and oxygen atoms in total. The lowest BCUT2D eigenvalue weighted by molar-refractivity contribution is 0.0949. The van der Waals surface area contributed by atoms with Gasteiger partial charge in [0.05, 0.1) is 10.6 Å². The van der Waals surface area contributed by atoms with Crippen molar-refractivity contribution in [1.82, 2.24) is 10.2 Å². The number of carbonyl (C=O) groups excluding carboxylic acids is 2. The molecule has 2 aliphatic rings. The lowest BCUT2D eigenvalue weighted by atomic mass is 9.92. The first-order valence-corrected chi connectivity index (χ1v) is 9.99. The third kappa shape index (κ3) is 4.32. The van der Waals surface area contributed by atoms with Gasteiger partial charge in [-0.2, -0.15) is 0 Å². The quantitative estimate of drug-likeness (QED) is 0.810. The molecule has 1 saturated heterocycles. The molecule has 1 aromatic carbocycles. The summed E-state index contributed by atoms with van der Waals surface area (Å²) in [5.74, 6) is 0.844. The smallest absolute Gasteiger partial charge is 0.322 e. The second-order valence-corrected chi connectivity index (χ2v) is 8.23. The lowest BCUT2D eigenvalue weighted by Gasteiger charge is -2.37. The number of halogens is 1. The molecule has 1 saturated carbocycles. The zero-order valence-corrected chi connectivity index (χ0v) is 16.3. The largest absolute Gasteiger partial charge is 0.352 e. The van der Waals surface area contributed by atoms with Crippen molar-refractivity contribution in [2.75, 3.05) is 18.4 Å². The van der Waals surface area contributed by atoms with Gasteiger partial charge in [-0.15, -0.1) is 0 Å². The first-order valence-electron chi connectivity index (χ1n) is 9.61. The summed E-state index contributed by atoms with van der Waals surface area (Å²) in [5, 5.41) is 6.16. The van der Waals surface area contributed by atoms with Crippen LogP contribution in [0.1, 0.15) is 56.3 Å². The van der Waals surface area contributed by atoms with Gasteiger partial charge in [0.25, 0.3) is 5.91 Å². The Morgan fingerprint density at radius 3 is 2.73 bits per heavy atom. The molecule has 2 fully saturated rings. The summed E-state index contributed by atoms with van der Waals surface area (Å²) < 4.78 is 0. The molecule has 0 aromatic heterocycles. The summed E-state index contributed by atoms with van der Waals surface area (Å²) in [6.07, 6.45) is 5.87. The number of anilines is 1. The molecule has 1 heterocycles. The molecule has 0 radical (unpaired) electrons. The van der Waals surface area contributed by atoms with Crippen molar-refractivity contribution in [1.29, 1.82) is 0 Å². The first-order chi connectivity index (χ1) is 12.5. The minimum Gasteiger partial charge on any atom is -0.352 e. The van der Waals surface area contributed by atoms with E-state index in [0.29, 0.717) is 40.7 Å². The fourth-order valence-electron chi connectivity index (χ4n) is 4.07. The molecule has 26 heavy (non-hydrogen) atoms. The number of nitrogens with zero attached hydrogens (tertiary/aromatic N) is 1. The van der Waals surface area contributed by atoms with Crippen LogP contribution < -0.4 is 10.6 Å². The van der Waals surface area contributed by atoms with Gasteiger partial charge < -0.3 is 15.5 Å². The highest BCUT2D eigenvalue weighted by Gasteiger charge is 2.37. The predicted octanol–water partition coefficient (Wildman–Crippen LogP) is 4.52. The number of piperidine rings is 1. The van der Waals surface area contributed by atoms with Gasteiger partial charge >= 0.3 is 6.03 Å². The maximum atomic E-state index is 12.7. The van der Waals surface area contributed by atoms with Gasteiger partial charge in [-0.3, -0.25) is 4.79 Å². The molecule has 2 atom stereocenters. The highest BCUT2D eigenvalue weighted by Crippen LogP contribution is 2.37. The molecule has 142 valence electrons. The number of urea groups is 1. The van der Waals surface area contributed by atoms with E-state index in [1.165, 1.54) is 19.3 Å². The lowest BCUT2D eigenvalue weighted by Crippen LogP contribution is -2.48. The average Bonchev–Trinajstić information content (AvgIpc) is 3.08. The van der Waals surface area contributed by atoms with Gasteiger partial charge in [0.2, 0.25) is 0 Å². The number of hydrogen-bond donors (Lipinski definition) is 2. The number of nitrogens with one attached hydrogen (secondary N) is 2. The number of rotatable bonds is 4. The summed E-state index contributed by atoms with van der Waals surface area (Å²) in [6.45, 7) is 5.49. The highest BCUT2D eigenvalue weighted by atomic mass is 35.5. The number of amides is 3. The Bertz CT molecular complexity index is 677. The van der Waals surface area contributed by atoms with E-state index in [9.17, 15) is 9.59 Å². The van der Waals surface area contributed by atoms with Crippen LogP contribution in [0.4, 0.5) is 10.5 Å². The Morgan fingerprint density at radius 2 is 2.00 bits per heavy atom. The number of carbonyl (C=O) groups is 2. The Hall–Kier alpha value is -1.75. The fraction of sp³-hybridized carbons (Fsp3) is 0.600. The van der Waals surface area contributed by atoms with Crippen LogP contribution in [0.3, 0.4) is 0 Å². The van der Waals surface area contributed by atoms with E-state index in [1.807, 2.05) is 18.7 Å². The van der Waals surface area contributed by atoms with E-state index in [-0.39, 0.29) is 11.9 Å². The molecule has 1 aliphatic carbocycles. The van der Waals surface area contributed by atoms with Crippen LogP contribution in [0.5, 0.6) is 0 Å². The van der Waals surface area contributed by atoms with Crippen LogP contribution in [0, 0.1) is 11.8 Å². The Balaban J connectivity index is 1.64. The molecule has 3 amide bonds. The average molecular weight is 378 g/mol. The molecule has 3 rings (SSSR count). The summed E-state index contributed by atoms with van der Waals surface area (Å²) in [5.41, 5.74) is 1.06. The Kier molecular flexibility index (Phi) is 6.07. The van der Waals surface area contributed by atoms with Crippen LogP contribution in [0.2, 0.25) is 5.02 Å².